The summed E-state index contributed by atoms with van der Waals surface area (Å²) in [4.78, 5) is 29.8. The van der Waals surface area contributed by atoms with E-state index in [4.69, 9.17) is 10.5 Å². The molecule has 142 valence electrons. The summed E-state index contributed by atoms with van der Waals surface area (Å²) in [5, 5.41) is 9.68. The molecule has 2 heterocycles. The SMILES string of the molecule is NCC1(c2ccncc2)CC(C(=O)OCc2ccccc2)CCN1C(=O)O. The van der Waals surface area contributed by atoms with Crippen molar-refractivity contribution in [1.82, 2.24) is 9.88 Å². The molecule has 2 aromatic rings. The molecule has 1 saturated heterocycles. The zero-order valence-corrected chi connectivity index (χ0v) is 15.0. The number of hydrogen-bond donors (Lipinski definition) is 2. The van der Waals surface area contributed by atoms with Crippen LogP contribution in [0.2, 0.25) is 0 Å². The van der Waals surface area contributed by atoms with E-state index in [0.717, 1.165) is 11.1 Å². The average molecular weight is 369 g/mol. The van der Waals surface area contributed by atoms with Crippen molar-refractivity contribution in [3.8, 4) is 0 Å². The quantitative estimate of drug-likeness (QED) is 0.784. The number of hydrogen-bond acceptors (Lipinski definition) is 5. The second-order valence-corrected chi connectivity index (χ2v) is 6.69. The van der Waals surface area contributed by atoms with E-state index in [1.54, 1.807) is 24.5 Å². The fourth-order valence-corrected chi connectivity index (χ4v) is 3.69. The number of piperidine rings is 1. The van der Waals surface area contributed by atoms with Gasteiger partial charge in [0, 0.05) is 25.5 Å². The van der Waals surface area contributed by atoms with Crippen molar-refractivity contribution in [3.05, 3.63) is 66.0 Å². The van der Waals surface area contributed by atoms with Gasteiger partial charge in [0.2, 0.25) is 0 Å². The number of aromatic nitrogens is 1. The molecule has 3 rings (SSSR count). The van der Waals surface area contributed by atoms with E-state index < -0.39 is 17.6 Å². The highest BCUT2D eigenvalue weighted by Gasteiger charge is 2.47. The minimum Gasteiger partial charge on any atom is -0.465 e. The second kappa shape index (κ2) is 8.18. The minimum absolute atomic E-state index is 0.0752. The van der Waals surface area contributed by atoms with Gasteiger partial charge in [-0.3, -0.25) is 14.7 Å². The van der Waals surface area contributed by atoms with Gasteiger partial charge in [-0.05, 0) is 36.1 Å². The Morgan fingerprint density at radius 1 is 1.22 bits per heavy atom. The normalized spacial score (nSPS) is 22.3. The number of likely N-dealkylation sites (tertiary alicyclic amines) is 1. The van der Waals surface area contributed by atoms with Crippen LogP contribution < -0.4 is 5.73 Å². The summed E-state index contributed by atoms with van der Waals surface area (Å²) in [5.41, 5.74) is 6.73. The number of carboxylic acid groups (broad SMARTS) is 1. The lowest BCUT2D eigenvalue weighted by atomic mass is 9.76. The number of nitrogens with zero attached hydrogens (tertiary/aromatic N) is 2. The number of amides is 1. The first-order valence-corrected chi connectivity index (χ1v) is 8.88. The molecule has 1 aromatic heterocycles. The van der Waals surface area contributed by atoms with Crippen molar-refractivity contribution in [3.63, 3.8) is 0 Å². The van der Waals surface area contributed by atoms with Crippen molar-refractivity contribution in [2.45, 2.75) is 25.0 Å². The van der Waals surface area contributed by atoms with Gasteiger partial charge < -0.3 is 15.6 Å². The number of rotatable bonds is 5. The maximum absolute atomic E-state index is 12.6. The van der Waals surface area contributed by atoms with Crippen LogP contribution in [0.4, 0.5) is 4.79 Å². The van der Waals surface area contributed by atoms with Gasteiger partial charge in [0.05, 0.1) is 11.5 Å². The molecule has 1 amide bonds. The summed E-state index contributed by atoms with van der Waals surface area (Å²) in [5.74, 6) is -0.739. The molecule has 0 bridgehead atoms. The zero-order chi connectivity index (χ0) is 19.3. The van der Waals surface area contributed by atoms with Crippen LogP contribution in [-0.4, -0.2) is 40.1 Å². The molecule has 2 unspecified atom stereocenters. The number of nitrogens with two attached hydrogens (primary N) is 1. The lowest BCUT2D eigenvalue weighted by molar-refractivity contribution is -0.153. The molecule has 1 aliphatic heterocycles. The minimum atomic E-state index is -1.05. The van der Waals surface area contributed by atoms with Gasteiger partial charge >= 0.3 is 12.1 Å². The lowest BCUT2D eigenvalue weighted by Gasteiger charge is -2.47. The van der Waals surface area contributed by atoms with Crippen LogP contribution in [0.1, 0.15) is 24.0 Å². The van der Waals surface area contributed by atoms with Gasteiger partial charge in [-0.15, -0.1) is 0 Å². The molecule has 0 saturated carbocycles. The molecule has 2 atom stereocenters. The maximum Gasteiger partial charge on any atom is 0.408 e. The molecule has 0 aliphatic carbocycles. The molecular weight excluding hydrogens is 346 g/mol. The summed E-state index contributed by atoms with van der Waals surface area (Å²) in [7, 11) is 0. The highest BCUT2D eigenvalue weighted by atomic mass is 16.5. The smallest absolute Gasteiger partial charge is 0.408 e. The molecule has 0 spiro atoms. The highest BCUT2D eigenvalue weighted by molar-refractivity contribution is 5.74. The van der Waals surface area contributed by atoms with Crippen molar-refractivity contribution in [2.75, 3.05) is 13.1 Å². The van der Waals surface area contributed by atoms with E-state index >= 15 is 0 Å². The van der Waals surface area contributed by atoms with Crippen LogP contribution in [0.5, 0.6) is 0 Å². The van der Waals surface area contributed by atoms with Gasteiger partial charge in [0.25, 0.3) is 0 Å². The lowest BCUT2D eigenvalue weighted by Crippen LogP contribution is -2.58. The van der Waals surface area contributed by atoms with Crippen molar-refractivity contribution < 1.29 is 19.4 Å². The standard InChI is InChI=1S/C20H23N3O4/c21-14-20(17-6-9-22-10-7-17)12-16(8-11-23(20)19(25)26)18(24)27-13-15-4-2-1-3-5-15/h1-7,9-10,16H,8,11-14,21H2,(H,25,26). The molecule has 27 heavy (non-hydrogen) atoms. The first-order valence-electron chi connectivity index (χ1n) is 8.88. The van der Waals surface area contributed by atoms with Crippen LogP contribution in [0.15, 0.2) is 54.9 Å². The largest absolute Gasteiger partial charge is 0.465 e. The summed E-state index contributed by atoms with van der Waals surface area (Å²) in [6.45, 7) is 0.495. The molecule has 1 aromatic carbocycles. The number of carbonyl (C=O) groups is 2. The Bertz CT molecular complexity index is 784. The monoisotopic (exact) mass is 369 g/mol. The highest BCUT2D eigenvalue weighted by Crippen LogP contribution is 2.40. The van der Waals surface area contributed by atoms with Crippen molar-refractivity contribution >= 4 is 12.1 Å². The Labute approximate surface area is 157 Å². The van der Waals surface area contributed by atoms with Crippen LogP contribution in [0.25, 0.3) is 0 Å². The molecule has 3 N–H and O–H groups in total. The van der Waals surface area contributed by atoms with Gasteiger partial charge in [-0.2, -0.15) is 0 Å². The van der Waals surface area contributed by atoms with Crippen LogP contribution in [0, 0.1) is 5.92 Å². The topological polar surface area (TPSA) is 106 Å². The van der Waals surface area contributed by atoms with Gasteiger partial charge in [0.15, 0.2) is 0 Å². The third-order valence-corrected chi connectivity index (χ3v) is 5.15. The molecule has 1 fully saturated rings. The molecule has 1 aliphatic rings. The van der Waals surface area contributed by atoms with Crippen LogP contribution in [-0.2, 0) is 21.7 Å². The fourth-order valence-electron chi connectivity index (χ4n) is 3.69. The van der Waals surface area contributed by atoms with Crippen LogP contribution in [0.3, 0.4) is 0 Å². The number of pyridine rings is 1. The molecule has 7 heteroatoms. The van der Waals surface area contributed by atoms with Gasteiger partial charge in [0.1, 0.15) is 6.61 Å². The fraction of sp³-hybridized carbons (Fsp3) is 0.350. The third-order valence-electron chi connectivity index (χ3n) is 5.15. The number of esters is 1. The summed E-state index contributed by atoms with van der Waals surface area (Å²) < 4.78 is 5.48. The Morgan fingerprint density at radius 3 is 2.56 bits per heavy atom. The second-order valence-electron chi connectivity index (χ2n) is 6.69. The Kier molecular flexibility index (Phi) is 5.71. The first kappa shape index (κ1) is 18.8. The predicted molar refractivity (Wildman–Crippen MR) is 98.7 cm³/mol. The Balaban J connectivity index is 1.79. The zero-order valence-electron chi connectivity index (χ0n) is 15.0. The van der Waals surface area contributed by atoms with Crippen LogP contribution >= 0.6 is 0 Å². The molecule has 0 radical (unpaired) electrons. The summed E-state index contributed by atoms with van der Waals surface area (Å²) in [6, 6.07) is 13.0. The van der Waals surface area contributed by atoms with E-state index in [9.17, 15) is 14.7 Å². The maximum atomic E-state index is 12.6. The van der Waals surface area contributed by atoms with E-state index in [-0.39, 0.29) is 32.1 Å². The van der Waals surface area contributed by atoms with E-state index in [0.29, 0.717) is 6.42 Å². The Hall–Kier alpha value is -2.93. The molecule has 7 nitrogen and oxygen atoms in total. The summed E-state index contributed by atoms with van der Waals surface area (Å²) in [6.07, 6.45) is 2.85. The van der Waals surface area contributed by atoms with Crippen molar-refractivity contribution in [2.24, 2.45) is 11.7 Å². The number of benzene rings is 1. The number of carbonyl (C=O) groups excluding carboxylic acids is 1. The van der Waals surface area contributed by atoms with E-state index in [2.05, 4.69) is 4.98 Å². The van der Waals surface area contributed by atoms with Gasteiger partial charge in [-0.25, -0.2) is 4.79 Å². The van der Waals surface area contributed by atoms with Gasteiger partial charge in [-0.1, -0.05) is 30.3 Å². The molecular formula is C20H23N3O4. The predicted octanol–water partition coefficient (Wildman–Crippen LogP) is 2.37. The Morgan fingerprint density at radius 2 is 1.93 bits per heavy atom. The number of ether oxygens (including phenoxy) is 1. The average Bonchev–Trinajstić information content (AvgIpc) is 2.72. The van der Waals surface area contributed by atoms with E-state index in [1.807, 2.05) is 30.3 Å². The van der Waals surface area contributed by atoms with Crippen molar-refractivity contribution in [1.29, 1.82) is 0 Å². The third kappa shape index (κ3) is 3.93. The van der Waals surface area contributed by atoms with E-state index in [1.165, 1.54) is 4.90 Å². The summed E-state index contributed by atoms with van der Waals surface area (Å²) >= 11 is 0. The first-order chi connectivity index (χ1) is 13.1.